The van der Waals surface area contributed by atoms with Gasteiger partial charge in [-0.1, -0.05) is 38.8 Å². The third kappa shape index (κ3) is 1.47. The molecule has 1 unspecified atom stereocenters. The van der Waals surface area contributed by atoms with Gasteiger partial charge < -0.3 is 4.74 Å². The van der Waals surface area contributed by atoms with Crippen molar-refractivity contribution in [2.75, 3.05) is 6.61 Å². The normalized spacial score (nSPS) is 48.2. The molecule has 1 saturated heterocycles. The number of rotatable bonds is 0. The molecule has 1 nitrogen and oxygen atoms in total. The largest absolute Gasteiger partial charge is 0.375 e. The number of fused-ring (bicyclic) bond motifs is 3. The first-order valence-corrected chi connectivity index (χ1v) is 7.24. The Balaban J connectivity index is 2.07. The minimum Gasteiger partial charge on any atom is -0.375 e. The molecule has 3 aliphatic rings. The summed E-state index contributed by atoms with van der Waals surface area (Å²) >= 11 is 0. The van der Waals surface area contributed by atoms with Crippen LogP contribution in [0.25, 0.3) is 0 Å². The van der Waals surface area contributed by atoms with Gasteiger partial charge in [0, 0.05) is 6.61 Å². The lowest BCUT2D eigenvalue weighted by molar-refractivity contribution is -0.0523. The topological polar surface area (TPSA) is 9.23 Å². The van der Waals surface area contributed by atoms with Crippen LogP contribution in [0.1, 0.15) is 59.8 Å². The second kappa shape index (κ2) is 3.38. The molecule has 17 heavy (non-hydrogen) atoms. The minimum absolute atomic E-state index is 0.131. The van der Waals surface area contributed by atoms with Crippen molar-refractivity contribution in [1.82, 2.24) is 0 Å². The van der Waals surface area contributed by atoms with Gasteiger partial charge in [0.15, 0.2) is 0 Å². The first kappa shape index (κ1) is 11.8. The van der Waals surface area contributed by atoms with Gasteiger partial charge in [0.05, 0.1) is 5.60 Å². The fourth-order valence-corrected chi connectivity index (χ4v) is 5.13. The molecule has 0 radical (unpaired) electrons. The molecule has 3 atom stereocenters. The zero-order chi connectivity index (χ0) is 12.3. The molecule has 1 aliphatic heterocycles. The number of hydrogen-bond donors (Lipinski definition) is 0. The van der Waals surface area contributed by atoms with Gasteiger partial charge in [-0.3, -0.25) is 0 Å². The predicted octanol–water partition coefficient (Wildman–Crippen LogP) is 4.33. The highest BCUT2D eigenvalue weighted by Gasteiger charge is 2.56. The summed E-state index contributed by atoms with van der Waals surface area (Å²) in [7, 11) is 0. The van der Waals surface area contributed by atoms with Crippen molar-refractivity contribution < 1.29 is 4.74 Å². The maximum Gasteiger partial charge on any atom is 0.0726 e. The van der Waals surface area contributed by atoms with Crippen molar-refractivity contribution >= 4 is 0 Å². The molecular formula is C16H26O. The summed E-state index contributed by atoms with van der Waals surface area (Å²) in [5, 5.41) is 0. The van der Waals surface area contributed by atoms with E-state index >= 15 is 0 Å². The maximum absolute atomic E-state index is 6.08. The van der Waals surface area contributed by atoms with Crippen LogP contribution in [0.15, 0.2) is 11.6 Å². The number of allylic oxidation sites excluding steroid dienone is 1. The van der Waals surface area contributed by atoms with E-state index in [-0.39, 0.29) is 5.60 Å². The quantitative estimate of drug-likeness (QED) is 0.567. The van der Waals surface area contributed by atoms with Crippen molar-refractivity contribution in [2.45, 2.75) is 65.4 Å². The van der Waals surface area contributed by atoms with Crippen LogP contribution >= 0.6 is 0 Å². The fraction of sp³-hybridized carbons (Fsp3) is 0.875. The zero-order valence-corrected chi connectivity index (χ0v) is 11.8. The molecular weight excluding hydrogens is 208 g/mol. The summed E-state index contributed by atoms with van der Waals surface area (Å²) in [6.07, 6.45) is 9.03. The average Bonchev–Trinajstić information content (AvgIpc) is 2.60. The highest BCUT2D eigenvalue weighted by atomic mass is 16.5. The molecule has 1 heterocycles. The van der Waals surface area contributed by atoms with E-state index < -0.39 is 0 Å². The van der Waals surface area contributed by atoms with Gasteiger partial charge in [0.1, 0.15) is 0 Å². The van der Waals surface area contributed by atoms with Crippen molar-refractivity contribution in [3.8, 4) is 0 Å². The highest BCUT2D eigenvalue weighted by molar-refractivity contribution is 5.30. The van der Waals surface area contributed by atoms with Crippen molar-refractivity contribution in [3.05, 3.63) is 11.6 Å². The molecule has 2 aliphatic carbocycles. The Hall–Kier alpha value is -0.300. The number of hydrogen-bond acceptors (Lipinski definition) is 1. The Bertz CT molecular complexity index is 368. The van der Waals surface area contributed by atoms with Gasteiger partial charge in [-0.2, -0.15) is 0 Å². The van der Waals surface area contributed by atoms with Crippen molar-refractivity contribution in [1.29, 1.82) is 0 Å². The summed E-state index contributed by atoms with van der Waals surface area (Å²) in [5.41, 5.74) is 2.69. The van der Waals surface area contributed by atoms with E-state index in [2.05, 4.69) is 33.8 Å². The zero-order valence-electron chi connectivity index (χ0n) is 11.8. The molecule has 96 valence electrons. The third-order valence-corrected chi connectivity index (χ3v) is 5.90. The Morgan fingerprint density at radius 1 is 1.18 bits per heavy atom. The predicted molar refractivity (Wildman–Crippen MR) is 70.9 cm³/mol. The van der Waals surface area contributed by atoms with Gasteiger partial charge in [-0.05, 0) is 49.4 Å². The van der Waals surface area contributed by atoms with Crippen LogP contribution in [0.3, 0.4) is 0 Å². The van der Waals surface area contributed by atoms with Crippen LogP contribution in [0.4, 0.5) is 0 Å². The lowest BCUT2D eigenvalue weighted by Crippen LogP contribution is -2.50. The number of ether oxygens (including phenoxy) is 1. The van der Waals surface area contributed by atoms with E-state index in [1.807, 2.05) is 0 Å². The minimum atomic E-state index is 0.131. The van der Waals surface area contributed by atoms with E-state index in [0.717, 1.165) is 18.9 Å². The van der Waals surface area contributed by atoms with E-state index in [0.29, 0.717) is 10.8 Å². The second-order valence-electron chi connectivity index (χ2n) is 7.48. The van der Waals surface area contributed by atoms with Gasteiger partial charge in [-0.15, -0.1) is 0 Å². The third-order valence-electron chi connectivity index (χ3n) is 5.90. The SMILES string of the molecule is CC1(C)CCC[C@]2(C)C1=CC[C@]1(C)OCCC12. The van der Waals surface area contributed by atoms with E-state index in [1.54, 1.807) is 5.57 Å². The van der Waals surface area contributed by atoms with Crippen molar-refractivity contribution in [3.63, 3.8) is 0 Å². The summed E-state index contributed by atoms with van der Waals surface area (Å²) < 4.78 is 6.08. The Morgan fingerprint density at radius 2 is 1.94 bits per heavy atom. The van der Waals surface area contributed by atoms with Crippen LogP contribution in [0.5, 0.6) is 0 Å². The summed E-state index contributed by atoms with van der Waals surface area (Å²) in [5.74, 6) is 0.745. The fourth-order valence-electron chi connectivity index (χ4n) is 5.13. The summed E-state index contributed by atoms with van der Waals surface area (Å²) in [6.45, 7) is 10.7. The lowest BCUT2D eigenvalue weighted by Gasteiger charge is -2.55. The Labute approximate surface area is 106 Å². The molecule has 1 saturated carbocycles. The smallest absolute Gasteiger partial charge is 0.0726 e. The van der Waals surface area contributed by atoms with Crippen LogP contribution in [-0.2, 0) is 4.74 Å². The Kier molecular flexibility index (Phi) is 2.34. The van der Waals surface area contributed by atoms with Crippen LogP contribution in [0.2, 0.25) is 0 Å². The molecule has 0 amide bonds. The van der Waals surface area contributed by atoms with Gasteiger partial charge in [-0.25, -0.2) is 0 Å². The van der Waals surface area contributed by atoms with Crippen LogP contribution < -0.4 is 0 Å². The maximum atomic E-state index is 6.08. The van der Waals surface area contributed by atoms with Crippen LogP contribution in [0, 0.1) is 16.7 Å². The summed E-state index contributed by atoms with van der Waals surface area (Å²) in [6, 6.07) is 0. The van der Waals surface area contributed by atoms with E-state index in [4.69, 9.17) is 4.74 Å². The Morgan fingerprint density at radius 3 is 2.71 bits per heavy atom. The van der Waals surface area contributed by atoms with Crippen molar-refractivity contribution in [2.24, 2.45) is 16.7 Å². The molecule has 0 N–H and O–H groups in total. The van der Waals surface area contributed by atoms with E-state index in [9.17, 15) is 0 Å². The standard InChI is InChI=1S/C16H26O/c1-14(2)8-5-9-15(3)12(14)6-10-16(4)13(15)7-11-17-16/h6,13H,5,7-11H2,1-4H3/t13?,15-,16+/m1/s1. The molecule has 3 rings (SSSR count). The molecule has 0 bridgehead atoms. The van der Waals surface area contributed by atoms with Crippen LogP contribution in [-0.4, -0.2) is 12.2 Å². The molecule has 1 heteroatoms. The first-order chi connectivity index (χ1) is 7.89. The second-order valence-corrected chi connectivity index (χ2v) is 7.48. The molecule has 0 spiro atoms. The monoisotopic (exact) mass is 234 g/mol. The molecule has 0 aromatic rings. The summed E-state index contributed by atoms with van der Waals surface area (Å²) in [4.78, 5) is 0. The van der Waals surface area contributed by atoms with E-state index in [1.165, 1.54) is 25.7 Å². The first-order valence-electron chi connectivity index (χ1n) is 7.24. The lowest BCUT2D eigenvalue weighted by atomic mass is 9.50. The van der Waals surface area contributed by atoms with Gasteiger partial charge in [0.25, 0.3) is 0 Å². The highest BCUT2D eigenvalue weighted by Crippen LogP contribution is 2.62. The molecule has 0 aromatic heterocycles. The van der Waals surface area contributed by atoms with Gasteiger partial charge >= 0.3 is 0 Å². The average molecular weight is 234 g/mol. The molecule has 2 fully saturated rings. The van der Waals surface area contributed by atoms with Gasteiger partial charge in [0.2, 0.25) is 0 Å². The molecule has 0 aromatic carbocycles.